The third-order valence-electron chi connectivity index (χ3n) is 4.90. The zero-order chi connectivity index (χ0) is 21.9. The predicted octanol–water partition coefficient (Wildman–Crippen LogP) is 4.98. The Labute approximate surface area is 170 Å². The largest absolute Gasteiger partial charge is 0.573 e. The average Bonchev–Trinajstić information content (AvgIpc) is 2.68. The molecule has 0 saturated carbocycles. The molecule has 1 fully saturated rings. The smallest absolute Gasteiger partial charge is 0.406 e. The summed E-state index contributed by atoms with van der Waals surface area (Å²) in [5, 5.41) is 14.1. The maximum Gasteiger partial charge on any atom is 0.573 e. The molecule has 160 valence electrons. The number of alkyl halides is 3. The molecule has 1 aliphatic heterocycles. The summed E-state index contributed by atoms with van der Waals surface area (Å²) in [4.78, 5) is 25.5. The van der Waals surface area contributed by atoms with Crippen molar-refractivity contribution < 1.29 is 27.6 Å². The molecule has 2 aromatic carbocycles. The van der Waals surface area contributed by atoms with Crippen molar-refractivity contribution in [1.29, 1.82) is 0 Å². The van der Waals surface area contributed by atoms with Gasteiger partial charge in [0.15, 0.2) is 0 Å². The normalized spacial score (nSPS) is 15.0. The summed E-state index contributed by atoms with van der Waals surface area (Å²) in [5.74, 6) is -0.462. The summed E-state index contributed by atoms with van der Waals surface area (Å²) < 4.78 is 40.4. The van der Waals surface area contributed by atoms with Gasteiger partial charge in [0.05, 0.1) is 4.92 Å². The second-order valence-electron chi connectivity index (χ2n) is 7.16. The van der Waals surface area contributed by atoms with Crippen molar-refractivity contribution in [2.24, 2.45) is 5.92 Å². The minimum Gasteiger partial charge on any atom is -0.406 e. The first kappa shape index (κ1) is 21.4. The van der Waals surface area contributed by atoms with Crippen LogP contribution in [0.1, 0.15) is 30.1 Å². The Morgan fingerprint density at radius 3 is 2.37 bits per heavy atom. The van der Waals surface area contributed by atoms with Crippen LogP contribution in [-0.4, -0.2) is 30.3 Å². The molecule has 1 amide bonds. The number of carbonyl (C=O) groups excluding carboxylic acids is 1. The zero-order valence-electron chi connectivity index (χ0n) is 16.1. The van der Waals surface area contributed by atoms with Crippen LogP contribution in [0.5, 0.6) is 5.75 Å². The van der Waals surface area contributed by atoms with Crippen LogP contribution in [0, 0.1) is 16.0 Å². The van der Waals surface area contributed by atoms with E-state index in [0.717, 1.165) is 25.0 Å². The van der Waals surface area contributed by atoms with Crippen LogP contribution in [0.25, 0.3) is 0 Å². The van der Waals surface area contributed by atoms with Gasteiger partial charge < -0.3 is 15.0 Å². The zero-order valence-corrected chi connectivity index (χ0v) is 16.1. The molecule has 30 heavy (non-hydrogen) atoms. The van der Waals surface area contributed by atoms with Crippen LogP contribution in [0.2, 0.25) is 0 Å². The van der Waals surface area contributed by atoms with Gasteiger partial charge in [0, 0.05) is 30.4 Å². The topological polar surface area (TPSA) is 84.7 Å². The van der Waals surface area contributed by atoms with E-state index >= 15 is 0 Å². The molecule has 10 heteroatoms. The molecule has 0 radical (unpaired) electrons. The average molecular weight is 423 g/mol. The summed E-state index contributed by atoms with van der Waals surface area (Å²) >= 11 is 0. The lowest BCUT2D eigenvalue weighted by molar-refractivity contribution is -0.384. The number of nitro benzene ring substituents is 1. The van der Waals surface area contributed by atoms with Gasteiger partial charge in [0.1, 0.15) is 11.4 Å². The van der Waals surface area contributed by atoms with Gasteiger partial charge in [-0.1, -0.05) is 6.92 Å². The second-order valence-corrected chi connectivity index (χ2v) is 7.16. The molecule has 1 saturated heterocycles. The first-order valence-corrected chi connectivity index (χ1v) is 9.33. The number of carbonyl (C=O) groups is 1. The van der Waals surface area contributed by atoms with Gasteiger partial charge in [-0.05, 0) is 55.2 Å². The number of halogens is 3. The summed E-state index contributed by atoms with van der Waals surface area (Å²) in [7, 11) is 0. The van der Waals surface area contributed by atoms with Crippen LogP contribution >= 0.6 is 0 Å². The van der Waals surface area contributed by atoms with E-state index in [0.29, 0.717) is 24.7 Å². The molecule has 3 rings (SSSR count). The number of nitrogens with zero attached hydrogens (tertiary/aromatic N) is 2. The Morgan fingerprint density at radius 2 is 1.80 bits per heavy atom. The molecule has 2 aromatic rings. The van der Waals surface area contributed by atoms with Gasteiger partial charge in [-0.3, -0.25) is 14.9 Å². The summed E-state index contributed by atoms with van der Waals surface area (Å²) in [6, 6.07) is 8.88. The van der Waals surface area contributed by atoms with Gasteiger partial charge in [-0.2, -0.15) is 0 Å². The molecule has 0 aromatic heterocycles. The molecular weight excluding hydrogens is 403 g/mol. The first-order valence-electron chi connectivity index (χ1n) is 9.33. The van der Waals surface area contributed by atoms with Gasteiger partial charge in [-0.25, -0.2) is 0 Å². The van der Waals surface area contributed by atoms with Crippen molar-refractivity contribution >= 4 is 23.0 Å². The van der Waals surface area contributed by atoms with Crippen molar-refractivity contribution in [1.82, 2.24) is 0 Å². The number of nitro groups is 1. The highest BCUT2D eigenvalue weighted by Gasteiger charge is 2.31. The molecule has 1 heterocycles. The molecule has 7 nitrogen and oxygen atoms in total. The molecule has 0 atom stereocenters. The SMILES string of the molecule is CC1CCN(c2ccc(C(=O)Nc3ccc(OC(F)(F)F)cc3)cc2[N+](=O)[O-])CC1. The van der Waals surface area contributed by atoms with Crippen molar-refractivity contribution in [2.75, 3.05) is 23.3 Å². The minimum atomic E-state index is -4.81. The molecule has 1 aliphatic rings. The number of hydrogen-bond donors (Lipinski definition) is 1. The van der Waals surface area contributed by atoms with E-state index in [4.69, 9.17) is 0 Å². The number of piperidine rings is 1. The van der Waals surface area contributed by atoms with Gasteiger partial charge in [0.2, 0.25) is 0 Å². The minimum absolute atomic E-state index is 0.0754. The number of nitrogens with one attached hydrogen (secondary N) is 1. The second kappa shape index (κ2) is 8.60. The lowest BCUT2D eigenvalue weighted by atomic mass is 9.98. The fourth-order valence-electron chi connectivity index (χ4n) is 3.27. The number of benzene rings is 2. The van der Waals surface area contributed by atoms with Crippen molar-refractivity contribution in [3.8, 4) is 5.75 Å². The van der Waals surface area contributed by atoms with Crippen LogP contribution in [-0.2, 0) is 0 Å². The van der Waals surface area contributed by atoms with Crippen LogP contribution in [0.3, 0.4) is 0 Å². The first-order chi connectivity index (χ1) is 14.1. The number of anilines is 2. The van der Waals surface area contributed by atoms with E-state index in [1.54, 1.807) is 6.07 Å². The van der Waals surface area contributed by atoms with E-state index in [9.17, 15) is 28.1 Å². The quantitative estimate of drug-likeness (QED) is 0.542. The maximum absolute atomic E-state index is 12.5. The summed E-state index contributed by atoms with van der Waals surface area (Å²) in [5.41, 5.74) is 0.612. The fraction of sp³-hybridized carbons (Fsp3) is 0.350. The summed E-state index contributed by atoms with van der Waals surface area (Å²) in [6.45, 7) is 3.56. The molecule has 0 bridgehead atoms. The Bertz CT molecular complexity index is 924. The molecule has 0 spiro atoms. The highest BCUT2D eigenvalue weighted by Crippen LogP contribution is 2.32. The highest BCUT2D eigenvalue weighted by molar-refractivity contribution is 6.05. The van der Waals surface area contributed by atoms with Gasteiger partial charge >= 0.3 is 6.36 Å². The van der Waals surface area contributed by atoms with E-state index < -0.39 is 22.9 Å². The maximum atomic E-state index is 12.5. The Hall–Kier alpha value is -3.30. The Morgan fingerprint density at radius 1 is 1.17 bits per heavy atom. The Kier molecular flexibility index (Phi) is 6.14. The summed E-state index contributed by atoms with van der Waals surface area (Å²) in [6.07, 6.45) is -2.93. The van der Waals surface area contributed by atoms with Crippen molar-refractivity contribution in [2.45, 2.75) is 26.1 Å². The third-order valence-corrected chi connectivity index (χ3v) is 4.90. The Balaban J connectivity index is 1.74. The molecule has 0 unspecified atom stereocenters. The number of rotatable bonds is 5. The lowest BCUT2D eigenvalue weighted by Gasteiger charge is -2.31. The van der Waals surface area contributed by atoms with Crippen LogP contribution in [0.4, 0.5) is 30.2 Å². The van der Waals surface area contributed by atoms with E-state index in [1.807, 2.05) is 4.90 Å². The number of hydrogen-bond acceptors (Lipinski definition) is 5. The molecule has 1 N–H and O–H groups in total. The van der Waals surface area contributed by atoms with Gasteiger partial charge in [-0.15, -0.1) is 13.2 Å². The third kappa shape index (κ3) is 5.40. The highest BCUT2D eigenvalue weighted by atomic mass is 19.4. The van der Waals surface area contributed by atoms with Crippen molar-refractivity contribution in [3.63, 3.8) is 0 Å². The monoisotopic (exact) mass is 423 g/mol. The van der Waals surface area contributed by atoms with E-state index in [1.165, 1.54) is 24.3 Å². The lowest BCUT2D eigenvalue weighted by Crippen LogP contribution is -2.33. The standard InChI is InChI=1S/C20H20F3N3O4/c1-13-8-10-25(11-9-13)17-7-2-14(12-18(17)26(28)29)19(27)24-15-3-5-16(6-4-15)30-20(21,22)23/h2-7,12-13H,8-11H2,1H3,(H,24,27). The van der Waals surface area contributed by atoms with E-state index in [2.05, 4.69) is 17.0 Å². The number of ether oxygens (including phenoxy) is 1. The van der Waals surface area contributed by atoms with E-state index in [-0.39, 0.29) is 16.9 Å². The van der Waals surface area contributed by atoms with Gasteiger partial charge in [0.25, 0.3) is 11.6 Å². The van der Waals surface area contributed by atoms with Crippen LogP contribution < -0.4 is 15.0 Å². The van der Waals surface area contributed by atoms with Crippen LogP contribution in [0.15, 0.2) is 42.5 Å². The molecular formula is C20H20F3N3O4. The predicted molar refractivity (Wildman–Crippen MR) is 105 cm³/mol. The molecule has 0 aliphatic carbocycles. The number of amides is 1. The van der Waals surface area contributed by atoms with Crippen molar-refractivity contribution in [3.05, 3.63) is 58.1 Å². The fourth-order valence-corrected chi connectivity index (χ4v) is 3.27.